The van der Waals surface area contributed by atoms with Crippen molar-refractivity contribution in [2.24, 2.45) is 5.92 Å². The highest BCUT2D eigenvalue weighted by atomic mass is 16.4. The molecule has 2 N–H and O–H groups in total. The van der Waals surface area contributed by atoms with Crippen LogP contribution in [0, 0.1) is 5.92 Å². The van der Waals surface area contributed by atoms with Gasteiger partial charge in [0.15, 0.2) is 5.69 Å². The zero-order valence-corrected chi connectivity index (χ0v) is 12.2. The molecule has 1 fully saturated rings. The van der Waals surface area contributed by atoms with Crippen LogP contribution in [0.25, 0.3) is 0 Å². The van der Waals surface area contributed by atoms with Gasteiger partial charge in [-0.1, -0.05) is 5.21 Å². The molecule has 0 saturated carbocycles. The zero-order valence-electron chi connectivity index (χ0n) is 12.2. The number of piperidine rings is 1. The summed E-state index contributed by atoms with van der Waals surface area (Å²) in [5.41, 5.74) is 0.152. The van der Waals surface area contributed by atoms with Crippen LogP contribution in [0.3, 0.4) is 0 Å². The first-order chi connectivity index (χ1) is 10.0. The number of carboxylic acids is 1. The van der Waals surface area contributed by atoms with E-state index in [0.29, 0.717) is 12.5 Å². The molecule has 2 rings (SSSR count). The fraction of sp³-hybridized carbons (Fsp3) is 0.692. The summed E-state index contributed by atoms with van der Waals surface area (Å²) in [7, 11) is 2.12. The van der Waals surface area contributed by atoms with Crippen molar-refractivity contribution in [3.05, 3.63) is 11.9 Å². The summed E-state index contributed by atoms with van der Waals surface area (Å²) >= 11 is 0. The van der Waals surface area contributed by atoms with E-state index in [1.165, 1.54) is 19.0 Å². The predicted octanol–water partition coefficient (Wildman–Crippen LogP) is -0.176. The lowest BCUT2D eigenvalue weighted by molar-refractivity contribution is -0.137. The van der Waals surface area contributed by atoms with Gasteiger partial charge in [0.05, 0.1) is 6.20 Å². The second-order valence-corrected chi connectivity index (χ2v) is 5.49. The molecule has 8 heteroatoms. The number of aliphatic carboxylic acids is 1. The molecule has 116 valence electrons. The highest BCUT2D eigenvalue weighted by Gasteiger charge is 2.17. The van der Waals surface area contributed by atoms with Crippen LogP contribution in [0.2, 0.25) is 0 Å². The third-order valence-electron chi connectivity index (χ3n) is 3.74. The Kier molecular flexibility index (Phi) is 5.26. The molecule has 1 aromatic rings. The summed E-state index contributed by atoms with van der Waals surface area (Å²) in [6.45, 7) is 2.54. The summed E-state index contributed by atoms with van der Waals surface area (Å²) in [6, 6.07) is 0. The molecule has 21 heavy (non-hydrogen) atoms. The van der Waals surface area contributed by atoms with E-state index < -0.39 is 5.97 Å². The molecule has 0 atom stereocenters. The summed E-state index contributed by atoms with van der Waals surface area (Å²) in [4.78, 5) is 24.7. The van der Waals surface area contributed by atoms with Crippen molar-refractivity contribution in [1.29, 1.82) is 0 Å². The zero-order chi connectivity index (χ0) is 15.2. The van der Waals surface area contributed by atoms with E-state index in [0.717, 1.165) is 24.2 Å². The lowest BCUT2D eigenvalue weighted by Crippen LogP contribution is -2.32. The Morgan fingerprint density at radius 1 is 1.43 bits per heavy atom. The minimum absolute atomic E-state index is 0.152. The third-order valence-corrected chi connectivity index (χ3v) is 3.74. The standard InChI is InChI=1S/C13H21N5O3/c1-17-6-3-10(4-7-17)2-5-14-13(21)11-8-18(16-15-11)9-12(19)20/h8,10H,2-7,9H2,1H3,(H,14,21)(H,19,20). The molecule has 1 saturated heterocycles. The molecule has 1 aromatic heterocycles. The van der Waals surface area contributed by atoms with Gasteiger partial charge in [-0.2, -0.15) is 0 Å². The van der Waals surface area contributed by atoms with Crippen LogP contribution in [0.1, 0.15) is 29.8 Å². The fourth-order valence-electron chi connectivity index (χ4n) is 2.45. The van der Waals surface area contributed by atoms with Gasteiger partial charge in [-0.15, -0.1) is 5.10 Å². The third kappa shape index (κ3) is 4.82. The first-order valence-corrected chi connectivity index (χ1v) is 7.13. The van der Waals surface area contributed by atoms with Crippen LogP contribution in [-0.4, -0.2) is 63.6 Å². The minimum atomic E-state index is -1.02. The van der Waals surface area contributed by atoms with E-state index in [-0.39, 0.29) is 18.1 Å². The Hall–Kier alpha value is -1.96. The van der Waals surface area contributed by atoms with Crippen LogP contribution in [0.15, 0.2) is 6.20 Å². The summed E-state index contributed by atoms with van der Waals surface area (Å²) in [5, 5.41) is 18.7. The Morgan fingerprint density at radius 2 is 2.14 bits per heavy atom. The molecule has 1 amide bonds. The van der Waals surface area contributed by atoms with Crippen molar-refractivity contribution in [2.45, 2.75) is 25.8 Å². The summed E-state index contributed by atoms with van der Waals surface area (Å²) in [6.07, 6.45) is 4.64. The number of hydrogen-bond donors (Lipinski definition) is 2. The summed E-state index contributed by atoms with van der Waals surface area (Å²) < 4.78 is 1.13. The number of rotatable bonds is 6. The van der Waals surface area contributed by atoms with Gasteiger partial charge in [0.1, 0.15) is 6.54 Å². The van der Waals surface area contributed by atoms with E-state index >= 15 is 0 Å². The molecule has 8 nitrogen and oxygen atoms in total. The minimum Gasteiger partial charge on any atom is -0.480 e. The van der Waals surface area contributed by atoms with Crippen LogP contribution < -0.4 is 5.32 Å². The van der Waals surface area contributed by atoms with Gasteiger partial charge in [0.2, 0.25) is 0 Å². The predicted molar refractivity (Wildman–Crippen MR) is 74.8 cm³/mol. The molecule has 0 unspecified atom stereocenters. The summed E-state index contributed by atoms with van der Waals surface area (Å²) in [5.74, 6) is -0.669. The lowest BCUT2D eigenvalue weighted by Gasteiger charge is -2.28. The maximum atomic E-state index is 11.9. The number of carboxylic acid groups (broad SMARTS) is 1. The van der Waals surface area contributed by atoms with Gasteiger partial charge in [0.25, 0.3) is 5.91 Å². The Balaban J connectivity index is 1.71. The number of aromatic nitrogens is 3. The Bertz CT molecular complexity index is 494. The van der Waals surface area contributed by atoms with E-state index in [2.05, 4.69) is 27.6 Å². The van der Waals surface area contributed by atoms with Crippen molar-refractivity contribution in [1.82, 2.24) is 25.2 Å². The molecular weight excluding hydrogens is 274 g/mol. The van der Waals surface area contributed by atoms with Gasteiger partial charge >= 0.3 is 5.97 Å². The van der Waals surface area contributed by atoms with E-state index in [9.17, 15) is 9.59 Å². The molecule has 0 aromatic carbocycles. The SMILES string of the molecule is CN1CCC(CCNC(=O)c2cn(CC(=O)O)nn2)CC1. The van der Waals surface area contributed by atoms with Crippen molar-refractivity contribution in [3.63, 3.8) is 0 Å². The van der Waals surface area contributed by atoms with Gasteiger partial charge in [-0.05, 0) is 45.3 Å². The lowest BCUT2D eigenvalue weighted by atomic mass is 9.94. The van der Waals surface area contributed by atoms with E-state index in [1.54, 1.807) is 0 Å². The number of hydrogen-bond acceptors (Lipinski definition) is 5. The maximum Gasteiger partial charge on any atom is 0.325 e. The first-order valence-electron chi connectivity index (χ1n) is 7.13. The largest absolute Gasteiger partial charge is 0.480 e. The second-order valence-electron chi connectivity index (χ2n) is 5.49. The van der Waals surface area contributed by atoms with E-state index in [1.807, 2.05) is 0 Å². The van der Waals surface area contributed by atoms with Crippen molar-refractivity contribution in [3.8, 4) is 0 Å². The highest BCUT2D eigenvalue weighted by molar-refractivity contribution is 5.91. The number of amides is 1. The molecule has 2 heterocycles. The fourth-order valence-corrected chi connectivity index (χ4v) is 2.45. The molecule has 1 aliphatic rings. The average Bonchev–Trinajstić information content (AvgIpc) is 2.88. The van der Waals surface area contributed by atoms with Crippen LogP contribution in [0.4, 0.5) is 0 Å². The highest BCUT2D eigenvalue weighted by Crippen LogP contribution is 2.18. The number of carbonyl (C=O) groups excluding carboxylic acids is 1. The Labute approximate surface area is 123 Å². The maximum absolute atomic E-state index is 11.9. The van der Waals surface area contributed by atoms with Crippen molar-refractivity contribution in [2.75, 3.05) is 26.7 Å². The van der Waals surface area contributed by atoms with Crippen LogP contribution in [-0.2, 0) is 11.3 Å². The van der Waals surface area contributed by atoms with Gasteiger partial charge in [-0.25, -0.2) is 4.68 Å². The van der Waals surface area contributed by atoms with Crippen LogP contribution in [0.5, 0.6) is 0 Å². The van der Waals surface area contributed by atoms with Crippen molar-refractivity contribution >= 4 is 11.9 Å². The monoisotopic (exact) mass is 295 g/mol. The van der Waals surface area contributed by atoms with Gasteiger partial charge in [0, 0.05) is 6.54 Å². The first kappa shape index (κ1) is 15.4. The average molecular weight is 295 g/mol. The van der Waals surface area contributed by atoms with Gasteiger partial charge < -0.3 is 15.3 Å². The molecular formula is C13H21N5O3. The molecule has 0 bridgehead atoms. The number of carbonyl (C=O) groups is 2. The van der Waals surface area contributed by atoms with Crippen molar-refractivity contribution < 1.29 is 14.7 Å². The molecule has 1 aliphatic heterocycles. The topological polar surface area (TPSA) is 100 Å². The molecule has 0 radical (unpaired) electrons. The number of nitrogens with zero attached hydrogens (tertiary/aromatic N) is 4. The normalized spacial score (nSPS) is 16.8. The van der Waals surface area contributed by atoms with E-state index in [4.69, 9.17) is 5.11 Å². The van der Waals surface area contributed by atoms with Crippen LogP contribution >= 0.6 is 0 Å². The smallest absolute Gasteiger partial charge is 0.325 e. The van der Waals surface area contributed by atoms with Gasteiger partial charge in [-0.3, -0.25) is 9.59 Å². The quantitative estimate of drug-likeness (QED) is 0.755. The second kappa shape index (κ2) is 7.16. The molecule has 0 aliphatic carbocycles. The Morgan fingerprint density at radius 3 is 2.81 bits per heavy atom. The molecule has 0 spiro atoms. The number of likely N-dealkylation sites (tertiary alicyclic amines) is 1. The number of nitrogens with one attached hydrogen (secondary N) is 1.